The summed E-state index contributed by atoms with van der Waals surface area (Å²) in [7, 11) is 1.18. The first-order valence-electron chi connectivity index (χ1n) is 7.61. The molecule has 26 heavy (non-hydrogen) atoms. The fraction of sp³-hybridized carbons (Fsp3) is 0.111. The van der Waals surface area contributed by atoms with E-state index in [2.05, 4.69) is 5.32 Å². The molecule has 0 spiro atoms. The van der Waals surface area contributed by atoms with Gasteiger partial charge in [-0.3, -0.25) is 10.1 Å². The summed E-state index contributed by atoms with van der Waals surface area (Å²) in [6.45, 7) is 0. The van der Waals surface area contributed by atoms with Gasteiger partial charge in [-0.1, -0.05) is 30.3 Å². The minimum Gasteiger partial charge on any atom is -0.465 e. The summed E-state index contributed by atoms with van der Waals surface area (Å²) in [4.78, 5) is 35.0. The molecule has 8 heteroatoms. The van der Waals surface area contributed by atoms with Gasteiger partial charge in [-0.15, -0.1) is 0 Å². The van der Waals surface area contributed by atoms with Crippen LogP contribution >= 0.6 is 0 Å². The van der Waals surface area contributed by atoms with Gasteiger partial charge in [0.1, 0.15) is 11.3 Å². The van der Waals surface area contributed by atoms with Crippen molar-refractivity contribution in [2.24, 2.45) is 0 Å². The Labute approximate surface area is 148 Å². The average Bonchev–Trinajstić information content (AvgIpc) is 2.98. The number of hydrogen-bond acceptors (Lipinski definition) is 7. The number of hydrogen-bond donors (Lipinski definition) is 1. The van der Waals surface area contributed by atoms with E-state index in [1.54, 1.807) is 36.4 Å². The highest BCUT2D eigenvalue weighted by Crippen LogP contribution is 2.37. The molecule has 1 unspecified atom stereocenters. The molecule has 1 atom stereocenters. The molecule has 1 aliphatic heterocycles. The Morgan fingerprint density at radius 2 is 1.92 bits per heavy atom. The van der Waals surface area contributed by atoms with Gasteiger partial charge in [0.25, 0.3) is 5.69 Å². The van der Waals surface area contributed by atoms with Crippen molar-refractivity contribution in [3.8, 4) is 0 Å². The molecule has 0 amide bonds. The Hall–Kier alpha value is -3.68. The van der Waals surface area contributed by atoms with Crippen LogP contribution in [0.15, 0.2) is 65.9 Å². The Bertz CT molecular complexity index is 907. The molecule has 0 radical (unpaired) electrons. The van der Waals surface area contributed by atoms with Gasteiger partial charge in [0.2, 0.25) is 0 Å². The fourth-order valence-electron chi connectivity index (χ4n) is 2.61. The van der Waals surface area contributed by atoms with Crippen molar-refractivity contribution < 1.29 is 24.0 Å². The van der Waals surface area contributed by atoms with Crippen LogP contribution in [0.5, 0.6) is 0 Å². The number of nitrogens with one attached hydrogen (secondary N) is 1. The minimum atomic E-state index is -1.10. The zero-order chi connectivity index (χ0) is 18.7. The molecule has 1 N–H and O–H groups in total. The summed E-state index contributed by atoms with van der Waals surface area (Å²) >= 11 is 0. The monoisotopic (exact) mass is 354 g/mol. The number of nitro groups is 1. The standard InChI is InChI=1S/C18H14N2O6/c1-25-17(21)14-15(19-12-7-3-2-4-8-12)18(22)26-16(14)11-6-5-9-13(10-11)20(23)24/h2-10,16,19H,1H3. The summed E-state index contributed by atoms with van der Waals surface area (Å²) in [5.41, 5.74) is 0.618. The lowest BCUT2D eigenvalue weighted by molar-refractivity contribution is -0.385. The van der Waals surface area contributed by atoms with Crippen molar-refractivity contribution in [1.29, 1.82) is 0 Å². The molecule has 1 aliphatic rings. The lowest BCUT2D eigenvalue weighted by Gasteiger charge is -2.12. The van der Waals surface area contributed by atoms with Crippen molar-refractivity contribution in [1.82, 2.24) is 0 Å². The van der Waals surface area contributed by atoms with Crippen LogP contribution in [0.25, 0.3) is 0 Å². The van der Waals surface area contributed by atoms with Crippen molar-refractivity contribution >= 4 is 23.3 Å². The van der Waals surface area contributed by atoms with Gasteiger partial charge in [-0.2, -0.15) is 0 Å². The number of cyclic esters (lactones) is 1. The van der Waals surface area contributed by atoms with E-state index >= 15 is 0 Å². The number of benzene rings is 2. The molecular weight excluding hydrogens is 340 g/mol. The van der Waals surface area contributed by atoms with Gasteiger partial charge in [0, 0.05) is 23.4 Å². The highest BCUT2D eigenvalue weighted by Gasteiger charge is 2.40. The number of carbonyl (C=O) groups is 2. The van der Waals surface area contributed by atoms with E-state index in [1.165, 1.54) is 25.3 Å². The quantitative estimate of drug-likeness (QED) is 0.499. The van der Waals surface area contributed by atoms with Crippen LogP contribution in [0.3, 0.4) is 0 Å². The van der Waals surface area contributed by atoms with Crippen LogP contribution in [0.2, 0.25) is 0 Å². The second-order valence-electron chi connectivity index (χ2n) is 5.41. The molecule has 0 aliphatic carbocycles. The molecule has 132 valence electrons. The number of non-ortho nitro benzene ring substituents is 1. The van der Waals surface area contributed by atoms with Crippen molar-refractivity contribution in [2.75, 3.05) is 12.4 Å². The second kappa shape index (κ2) is 7.06. The molecule has 2 aromatic carbocycles. The van der Waals surface area contributed by atoms with E-state index in [4.69, 9.17) is 9.47 Å². The van der Waals surface area contributed by atoms with Crippen molar-refractivity contribution in [2.45, 2.75) is 6.10 Å². The van der Waals surface area contributed by atoms with E-state index in [9.17, 15) is 19.7 Å². The third-order valence-electron chi connectivity index (χ3n) is 3.79. The molecule has 0 saturated heterocycles. The van der Waals surface area contributed by atoms with Crippen LogP contribution in [-0.2, 0) is 19.1 Å². The van der Waals surface area contributed by atoms with E-state index in [0.717, 1.165) is 0 Å². The second-order valence-corrected chi connectivity index (χ2v) is 5.41. The zero-order valence-corrected chi connectivity index (χ0v) is 13.7. The zero-order valence-electron chi connectivity index (χ0n) is 13.7. The first-order chi connectivity index (χ1) is 12.5. The van der Waals surface area contributed by atoms with Crippen LogP contribution < -0.4 is 5.32 Å². The van der Waals surface area contributed by atoms with Crippen LogP contribution in [0.1, 0.15) is 11.7 Å². The summed E-state index contributed by atoms with van der Waals surface area (Å²) in [5, 5.41) is 13.9. The largest absolute Gasteiger partial charge is 0.465 e. The molecule has 8 nitrogen and oxygen atoms in total. The third-order valence-corrected chi connectivity index (χ3v) is 3.79. The van der Waals surface area contributed by atoms with Gasteiger partial charge >= 0.3 is 11.9 Å². The molecule has 1 heterocycles. The fourth-order valence-corrected chi connectivity index (χ4v) is 2.61. The van der Waals surface area contributed by atoms with Gasteiger partial charge in [0.15, 0.2) is 6.10 Å². The van der Waals surface area contributed by atoms with E-state index < -0.39 is 23.0 Å². The summed E-state index contributed by atoms with van der Waals surface area (Å²) < 4.78 is 10.1. The number of nitro benzene ring substituents is 1. The number of esters is 2. The number of rotatable bonds is 5. The van der Waals surface area contributed by atoms with Crippen molar-refractivity contribution in [3.63, 3.8) is 0 Å². The summed E-state index contributed by atoms with van der Waals surface area (Å²) in [6.07, 6.45) is -1.10. The average molecular weight is 354 g/mol. The normalized spacial score (nSPS) is 16.2. The first-order valence-corrected chi connectivity index (χ1v) is 7.61. The Balaban J connectivity index is 2.05. The Morgan fingerprint density at radius 1 is 1.19 bits per heavy atom. The lowest BCUT2D eigenvalue weighted by Crippen LogP contribution is -2.14. The van der Waals surface area contributed by atoms with E-state index in [1.807, 2.05) is 0 Å². The first kappa shape index (κ1) is 17.2. The van der Waals surface area contributed by atoms with Gasteiger partial charge in [0.05, 0.1) is 12.0 Å². The van der Waals surface area contributed by atoms with E-state index in [-0.39, 0.29) is 17.0 Å². The van der Waals surface area contributed by atoms with Crippen LogP contribution in [-0.4, -0.2) is 24.0 Å². The highest BCUT2D eigenvalue weighted by molar-refractivity contribution is 6.06. The van der Waals surface area contributed by atoms with Gasteiger partial charge in [-0.05, 0) is 12.1 Å². The smallest absolute Gasteiger partial charge is 0.356 e. The SMILES string of the molecule is COC(=O)C1=C(Nc2ccccc2)C(=O)OC1c1cccc([N+](=O)[O-])c1. The maximum absolute atomic E-state index is 12.3. The maximum Gasteiger partial charge on any atom is 0.356 e. The minimum absolute atomic E-state index is 0.0400. The molecule has 3 rings (SSSR count). The number of para-hydroxylation sites is 1. The molecule has 0 fully saturated rings. The maximum atomic E-state index is 12.3. The molecule has 0 bridgehead atoms. The highest BCUT2D eigenvalue weighted by atomic mass is 16.6. The van der Waals surface area contributed by atoms with E-state index in [0.29, 0.717) is 11.3 Å². The predicted molar refractivity (Wildman–Crippen MR) is 91.0 cm³/mol. The number of nitrogens with zero attached hydrogens (tertiary/aromatic N) is 1. The molecule has 0 saturated carbocycles. The Kier molecular flexibility index (Phi) is 4.66. The third kappa shape index (κ3) is 3.25. The van der Waals surface area contributed by atoms with Gasteiger partial charge < -0.3 is 14.8 Å². The molecule has 2 aromatic rings. The summed E-state index contributed by atoms with van der Waals surface area (Å²) in [5.74, 6) is -1.50. The number of methoxy groups -OCH3 is 1. The summed E-state index contributed by atoms with van der Waals surface area (Å²) in [6, 6.07) is 14.3. The number of carbonyl (C=O) groups excluding carboxylic acids is 2. The lowest BCUT2D eigenvalue weighted by atomic mass is 10.0. The molecular formula is C18H14N2O6. The Morgan fingerprint density at radius 3 is 2.58 bits per heavy atom. The van der Waals surface area contributed by atoms with Gasteiger partial charge in [-0.25, -0.2) is 9.59 Å². The number of anilines is 1. The topological polar surface area (TPSA) is 108 Å². The van der Waals surface area contributed by atoms with Crippen LogP contribution in [0.4, 0.5) is 11.4 Å². The predicted octanol–water partition coefficient (Wildman–Crippen LogP) is 2.73. The number of ether oxygens (including phenoxy) is 2. The molecule has 0 aromatic heterocycles. The van der Waals surface area contributed by atoms with Crippen molar-refractivity contribution in [3.05, 3.63) is 81.5 Å². The van der Waals surface area contributed by atoms with Crippen LogP contribution in [0, 0.1) is 10.1 Å².